The standard InChI is InChI=1S/C19H32N6O9S/c1-35-7-6-11(18(32)25-12(19(33)34)3-5-14(22)27)24-17(31)10(2-4-13(21)26)23-16(30)9(20)8-15(28)29/h9-12H,2-8,20H2,1H3,(H2,21,26)(H2,22,27)(H,23,30)(H,24,31)(H,25,32)(H,28,29)(H,33,34). The molecule has 16 heteroatoms. The molecule has 0 aromatic carbocycles. The van der Waals surface area contributed by atoms with Crippen molar-refractivity contribution in [3.05, 3.63) is 0 Å². The minimum absolute atomic E-state index is 0.0793. The largest absolute Gasteiger partial charge is 0.481 e. The Labute approximate surface area is 205 Å². The van der Waals surface area contributed by atoms with Crippen molar-refractivity contribution in [3.63, 3.8) is 0 Å². The van der Waals surface area contributed by atoms with E-state index < -0.39 is 72.1 Å². The highest BCUT2D eigenvalue weighted by Crippen LogP contribution is 2.06. The van der Waals surface area contributed by atoms with Gasteiger partial charge in [-0.2, -0.15) is 11.8 Å². The van der Waals surface area contributed by atoms with E-state index in [1.165, 1.54) is 11.8 Å². The summed E-state index contributed by atoms with van der Waals surface area (Å²) in [5.74, 6) is -6.62. The molecule has 15 nitrogen and oxygen atoms in total. The molecule has 0 fully saturated rings. The van der Waals surface area contributed by atoms with Gasteiger partial charge in [0.1, 0.15) is 18.1 Å². The fourth-order valence-corrected chi connectivity index (χ4v) is 3.18. The molecule has 5 amide bonds. The zero-order valence-corrected chi connectivity index (χ0v) is 20.0. The van der Waals surface area contributed by atoms with Gasteiger partial charge < -0.3 is 43.4 Å². The van der Waals surface area contributed by atoms with Crippen molar-refractivity contribution in [2.24, 2.45) is 17.2 Å². The number of primary amides is 2. The van der Waals surface area contributed by atoms with Gasteiger partial charge in [-0.3, -0.25) is 28.8 Å². The van der Waals surface area contributed by atoms with Crippen molar-refractivity contribution in [3.8, 4) is 0 Å². The molecule has 4 unspecified atom stereocenters. The molecule has 0 aliphatic heterocycles. The van der Waals surface area contributed by atoms with Crippen LogP contribution in [0.25, 0.3) is 0 Å². The summed E-state index contributed by atoms with van der Waals surface area (Å²) in [7, 11) is 0. The molecule has 0 saturated heterocycles. The number of amides is 5. The Kier molecular flexibility index (Phi) is 14.7. The highest BCUT2D eigenvalue weighted by atomic mass is 32.2. The van der Waals surface area contributed by atoms with Gasteiger partial charge in [0.05, 0.1) is 12.5 Å². The van der Waals surface area contributed by atoms with Crippen LogP contribution in [0.15, 0.2) is 0 Å². The number of nitrogens with one attached hydrogen (secondary N) is 3. The summed E-state index contributed by atoms with van der Waals surface area (Å²) in [6, 6.07) is -5.53. The summed E-state index contributed by atoms with van der Waals surface area (Å²) in [5, 5.41) is 25.0. The van der Waals surface area contributed by atoms with Crippen LogP contribution in [0.5, 0.6) is 0 Å². The maximum absolute atomic E-state index is 12.8. The van der Waals surface area contributed by atoms with Crippen LogP contribution in [-0.4, -0.2) is 87.9 Å². The molecule has 0 radical (unpaired) electrons. The van der Waals surface area contributed by atoms with Crippen LogP contribution >= 0.6 is 11.8 Å². The first-order valence-electron chi connectivity index (χ1n) is 10.4. The number of carboxylic acids is 2. The summed E-state index contributed by atoms with van der Waals surface area (Å²) in [4.78, 5) is 82.1. The SMILES string of the molecule is CSCCC(NC(=O)C(CCC(N)=O)NC(=O)C(N)CC(=O)O)C(=O)NC(CCC(N)=O)C(=O)O. The molecule has 4 atom stereocenters. The van der Waals surface area contributed by atoms with Crippen molar-refractivity contribution in [2.45, 2.75) is 62.7 Å². The third-order valence-electron chi connectivity index (χ3n) is 4.58. The minimum Gasteiger partial charge on any atom is -0.481 e. The normalized spacial score (nSPS) is 14.0. The summed E-state index contributed by atoms with van der Waals surface area (Å²) in [6.45, 7) is 0. The monoisotopic (exact) mass is 520 g/mol. The van der Waals surface area contributed by atoms with Gasteiger partial charge >= 0.3 is 11.9 Å². The van der Waals surface area contributed by atoms with E-state index in [0.29, 0.717) is 5.75 Å². The Hall–Kier alpha value is -3.40. The van der Waals surface area contributed by atoms with Crippen LogP contribution < -0.4 is 33.2 Å². The van der Waals surface area contributed by atoms with Crippen LogP contribution in [0.1, 0.15) is 38.5 Å². The van der Waals surface area contributed by atoms with E-state index in [1.807, 2.05) is 0 Å². The van der Waals surface area contributed by atoms with Gasteiger partial charge in [-0.25, -0.2) is 4.79 Å². The molecular weight excluding hydrogens is 488 g/mol. The second-order valence-electron chi connectivity index (χ2n) is 7.52. The number of carbonyl (C=O) groups excluding carboxylic acids is 5. The zero-order chi connectivity index (χ0) is 27.1. The molecule has 0 rings (SSSR count). The number of rotatable bonds is 18. The zero-order valence-electron chi connectivity index (χ0n) is 19.2. The lowest BCUT2D eigenvalue weighted by atomic mass is 10.1. The lowest BCUT2D eigenvalue weighted by molar-refractivity contribution is -0.142. The van der Waals surface area contributed by atoms with Crippen molar-refractivity contribution < 1.29 is 43.8 Å². The highest BCUT2D eigenvalue weighted by molar-refractivity contribution is 7.98. The van der Waals surface area contributed by atoms with Crippen molar-refractivity contribution in [2.75, 3.05) is 12.0 Å². The quantitative estimate of drug-likeness (QED) is 0.0882. The van der Waals surface area contributed by atoms with Gasteiger partial charge in [0.15, 0.2) is 0 Å². The Morgan fingerprint density at radius 1 is 0.743 bits per heavy atom. The van der Waals surface area contributed by atoms with E-state index >= 15 is 0 Å². The maximum Gasteiger partial charge on any atom is 0.326 e. The maximum atomic E-state index is 12.8. The van der Waals surface area contributed by atoms with Gasteiger partial charge in [-0.15, -0.1) is 0 Å². The number of aliphatic carboxylic acids is 2. The number of nitrogens with two attached hydrogens (primary N) is 3. The molecule has 0 aliphatic carbocycles. The number of carbonyl (C=O) groups is 7. The molecule has 0 aromatic heterocycles. The molecule has 0 aliphatic rings. The van der Waals surface area contributed by atoms with E-state index in [-0.39, 0.29) is 32.1 Å². The van der Waals surface area contributed by atoms with Crippen LogP contribution in [0, 0.1) is 0 Å². The molecule has 0 heterocycles. The van der Waals surface area contributed by atoms with Gasteiger partial charge in [0.25, 0.3) is 0 Å². The van der Waals surface area contributed by atoms with Crippen molar-refractivity contribution in [1.29, 1.82) is 0 Å². The molecule has 11 N–H and O–H groups in total. The Morgan fingerprint density at radius 2 is 1.17 bits per heavy atom. The first-order valence-corrected chi connectivity index (χ1v) is 11.8. The molecule has 198 valence electrons. The third-order valence-corrected chi connectivity index (χ3v) is 5.23. The van der Waals surface area contributed by atoms with Crippen molar-refractivity contribution >= 4 is 53.2 Å². The first-order chi connectivity index (χ1) is 16.3. The fourth-order valence-electron chi connectivity index (χ4n) is 2.71. The third kappa shape index (κ3) is 13.8. The number of hydrogen-bond donors (Lipinski definition) is 8. The first kappa shape index (κ1) is 31.6. The van der Waals surface area contributed by atoms with Gasteiger partial charge in [0, 0.05) is 12.8 Å². The van der Waals surface area contributed by atoms with E-state index in [9.17, 15) is 38.7 Å². The fraction of sp³-hybridized carbons (Fsp3) is 0.632. The van der Waals surface area contributed by atoms with Gasteiger partial charge in [-0.05, 0) is 31.3 Å². The number of thioether (sulfide) groups is 1. The molecule has 35 heavy (non-hydrogen) atoms. The van der Waals surface area contributed by atoms with E-state index in [2.05, 4.69) is 16.0 Å². The molecule has 0 aromatic rings. The predicted octanol–water partition coefficient (Wildman–Crippen LogP) is -3.39. The molecule has 0 saturated carbocycles. The summed E-state index contributed by atoms with van der Waals surface area (Å²) in [5.41, 5.74) is 15.6. The molecule has 0 bridgehead atoms. The number of carboxylic acid groups (broad SMARTS) is 2. The topological polar surface area (TPSA) is 274 Å². The average Bonchev–Trinajstić information content (AvgIpc) is 2.75. The smallest absolute Gasteiger partial charge is 0.326 e. The lowest BCUT2D eigenvalue weighted by Crippen LogP contribution is -2.57. The summed E-state index contributed by atoms with van der Waals surface area (Å²) >= 11 is 1.34. The molecular formula is C19H32N6O9S. The van der Waals surface area contributed by atoms with Crippen LogP contribution in [-0.2, 0) is 33.6 Å². The van der Waals surface area contributed by atoms with Crippen LogP contribution in [0.2, 0.25) is 0 Å². The van der Waals surface area contributed by atoms with Crippen LogP contribution in [0.3, 0.4) is 0 Å². The summed E-state index contributed by atoms with van der Waals surface area (Å²) in [6.07, 6.45) is -0.0342. The second-order valence-corrected chi connectivity index (χ2v) is 8.50. The Bertz CT molecular complexity index is 810. The highest BCUT2D eigenvalue weighted by Gasteiger charge is 2.30. The second kappa shape index (κ2) is 16.3. The van der Waals surface area contributed by atoms with E-state index in [4.69, 9.17) is 22.3 Å². The van der Waals surface area contributed by atoms with E-state index in [1.54, 1.807) is 6.26 Å². The number of hydrogen-bond acceptors (Lipinski definition) is 9. The Morgan fingerprint density at radius 3 is 1.60 bits per heavy atom. The van der Waals surface area contributed by atoms with Crippen molar-refractivity contribution in [1.82, 2.24) is 16.0 Å². The molecule has 0 spiro atoms. The van der Waals surface area contributed by atoms with E-state index in [0.717, 1.165) is 0 Å². The summed E-state index contributed by atoms with van der Waals surface area (Å²) < 4.78 is 0. The van der Waals surface area contributed by atoms with Gasteiger partial charge in [0.2, 0.25) is 29.5 Å². The Balaban J connectivity index is 5.54. The van der Waals surface area contributed by atoms with Gasteiger partial charge in [-0.1, -0.05) is 0 Å². The predicted molar refractivity (Wildman–Crippen MR) is 124 cm³/mol. The minimum atomic E-state index is -1.48. The average molecular weight is 521 g/mol. The lowest BCUT2D eigenvalue weighted by Gasteiger charge is -2.25. The van der Waals surface area contributed by atoms with Crippen LogP contribution in [0.4, 0.5) is 0 Å².